The minimum Gasteiger partial charge on any atom is -0.378 e. The van der Waals surface area contributed by atoms with Gasteiger partial charge in [-0.1, -0.05) is 6.07 Å². The van der Waals surface area contributed by atoms with Gasteiger partial charge in [-0.05, 0) is 30.3 Å². The van der Waals surface area contributed by atoms with Crippen LogP contribution in [0.1, 0.15) is 26.4 Å². The maximum absolute atomic E-state index is 12.4. The van der Waals surface area contributed by atoms with Crippen molar-refractivity contribution in [3.05, 3.63) is 59.4 Å². The monoisotopic (exact) mass is 352 g/mol. The van der Waals surface area contributed by atoms with E-state index in [0.29, 0.717) is 11.6 Å². The molecule has 2 aromatic rings. The molecule has 0 saturated heterocycles. The highest BCUT2D eigenvalue weighted by Crippen LogP contribution is 2.27. The van der Waals surface area contributed by atoms with Crippen LogP contribution in [0.2, 0.25) is 0 Å². The number of hydrogen-bond donors (Lipinski definition) is 2. The van der Waals surface area contributed by atoms with Crippen LogP contribution in [0.5, 0.6) is 0 Å². The van der Waals surface area contributed by atoms with Crippen LogP contribution in [0.4, 0.5) is 18.9 Å². The van der Waals surface area contributed by atoms with Crippen molar-refractivity contribution in [1.29, 1.82) is 0 Å². The molecule has 0 spiro atoms. The number of halogens is 3. The lowest BCUT2D eigenvalue weighted by atomic mass is 10.2. The summed E-state index contributed by atoms with van der Waals surface area (Å²) >= 11 is 0. The molecular weight excluding hydrogens is 337 g/mol. The maximum atomic E-state index is 12.4. The van der Waals surface area contributed by atoms with Gasteiger partial charge >= 0.3 is 6.18 Å². The van der Waals surface area contributed by atoms with E-state index >= 15 is 0 Å². The number of nitrogens with zero attached hydrogens (tertiary/aromatic N) is 2. The van der Waals surface area contributed by atoms with Crippen LogP contribution >= 0.6 is 0 Å². The Morgan fingerprint density at radius 2 is 1.64 bits per heavy atom. The van der Waals surface area contributed by atoms with Gasteiger partial charge in [0.15, 0.2) is 0 Å². The van der Waals surface area contributed by atoms with Gasteiger partial charge in [0.05, 0.1) is 5.56 Å². The topological polar surface area (TPSA) is 74.3 Å². The van der Waals surface area contributed by atoms with Crippen molar-refractivity contribution in [3.63, 3.8) is 0 Å². The molecule has 0 aliphatic carbocycles. The predicted octanol–water partition coefficient (Wildman–Crippen LogP) is 2.24. The van der Waals surface area contributed by atoms with E-state index in [9.17, 15) is 22.8 Å². The lowest BCUT2D eigenvalue weighted by Gasteiger charge is -2.13. The molecule has 9 heteroatoms. The number of pyridine rings is 1. The van der Waals surface area contributed by atoms with Crippen molar-refractivity contribution in [2.24, 2.45) is 0 Å². The van der Waals surface area contributed by atoms with Gasteiger partial charge in [-0.15, -0.1) is 0 Å². The number of carbonyl (C=O) groups is 2. The molecule has 0 unspecified atom stereocenters. The number of alkyl halides is 3. The summed E-state index contributed by atoms with van der Waals surface area (Å²) in [4.78, 5) is 28.9. The Balaban J connectivity index is 2.00. The lowest BCUT2D eigenvalue weighted by Crippen LogP contribution is -2.41. The molecule has 1 aromatic carbocycles. The number of anilines is 1. The zero-order chi connectivity index (χ0) is 18.6. The fourth-order valence-electron chi connectivity index (χ4n) is 1.88. The smallest absolute Gasteiger partial charge is 0.378 e. The quantitative estimate of drug-likeness (QED) is 0.831. The Hall–Kier alpha value is -3.10. The molecule has 0 saturated carbocycles. The van der Waals surface area contributed by atoms with E-state index in [1.165, 1.54) is 0 Å². The van der Waals surface area contributed by atoms with Crippen molar-refractivity contribution < 1.29 is 22.8 Å². The third-order valence-corrected chi connectivity index (χ3v) is 3.23. The van der Waals surface area contributed by atoms with Gasteiger partial charge in [0.25, 0.3) is 11.8 Å². The second-order valence-corrected chi connectivity index (χ2v) is 5.28. The van der Waals surface area contributed by atoms with E-state index in [1.807, 2.05) is 25.1 Å². The summed E-state index contributed by atoms with van der Waals surface area (Å²) in [6.45, 7) is 0. The molecule has 0 fully saturated rings. The molecule has 0 aliphatic heterocycles. The number of amides is 2. The van der Waals surface area contributed by atoms with Crippen LogP contribution in [0, 0.1) is 0 Å². The Labute approximate surface area is 141 Å². The predicted molar refractivity (Wildman–Crippen MR) is 84.9 cm³/mol. The first kappa shape index (κ1) is 18.2. The Kier molecular flexibility index (Phi) is 5.26. The van der Waals surface area contributed by atoms with Crippen molar-refractivity contribution in [2.75, 3.05) is 19.0 Å². The summed E-state index contributed by atoms with van der Waals surface area (Å²) in [6.07, 6.45) is -3.79. The van der Waals surface area contributed by atoms with Gasteiger partial charge in [-0.25, -0.2) is 0 Å². The summed E-state index contributed by atoms with van der Waals surface area (Å²) in [7, 11) is 3.63. The van der Waals surface area contributed by atoms with Crippen LogP contribution in [-0.4, -0.2) is 30.9 Å². The highest BCUT2D eigenvalue weighted by Gasteiger charge is 2.32. The van der Waals surface area contributed by atoms with Crippen molar-refractivity contribution in [3.8, 4) is 0 Å². The SMILES string of the molecule is CN(C)c1cccc(C(=O)NNC(=O)c2ccc(C(F)(F)F)nc2)c1. The highest BCUT2D eigenvalue weighted by atomic mass is 19.4. The van der Waals surface area contributed by atoms with E-state index in [2.05, 4.69) is 15.8 Å². The molecule has 132 valence electrons. The van der Waals surface area contributed by atoms with E-state index in [0.717, 1.165) is 18.0 Å². The number of carbonyl (C=O) groups excluding carboxylic acids is 2. The van der Waals surface area contributed by atoms with Gasteiger partial charge < -0.3 is 4.90 Å². The fraction of sp³-hybridized carbons (Fsp3) is 0.188. The molecular formula is C16H15F3N4O2. The molecule has 2 N–H and O–H groups in total. The van der Waals surface area contributed by atoms with E-state index in [1.54, 1.807) is 18.2 Å². The number of hydrogen-bond acceptors (Lipinski definition) is 4. The normalized spacial score (nSPS) is 10.9. The minimum atomic E-state index is -4.58. The average Bonchev–Trinajstić information content (AvgIpc) is 2.58. The lowest BCUT2D eigenvalue weighted by molar-refractivity contribution is -0.141. The third-order valence-electron chi connectivity index (χ3n) is 3.23. The molecule has 2 amide bonds. The second-order valence-electron chi connectivity index (χ2n) is 5.28. The highest BCUT2D eigenvalue weighted by molar-refractivity contribution is 5.99. The molecule has 0 bridgehead atoms. The standard InChI is InChI=1S/C16H15F3N4O2/c1-23(2)12-5-3-4-10(8-12)14(24)21-22-15(25)11-6-7-13(20-9-11)16(17,18)19/h3-9H,1-2H3,(H,21,24)(H,22,25). The molecule has 1 aromatic heterocycles. The number of hydrazine groups is 1. The van der Waals surface area contributed by atoms with Crippen LogP contribution in [0.15, 0.2) is 42.6 Å². The molecule has 0 radical (unpaired) electrons. The number of aromatic nitrogens is 1. The summed E-state index contributed by atoms with van der Waals surface area (Å²) in [6, 6.07) is 8.35. The van der Waals surface area contributed by atoms with Gasteiger partial charge in [0.2, 0.25) is 0 Å². The number of benzene rings is 1. The summed E-state index contributed by atoms with van der Waals surface area (Å²) < 4.78 is 37.3. The molecule has 0 atom stereocenters. The third kappa shape index (κ3) is 4.69. The Morgan fingerprint density at radius 1 is 1.00 bits per heavy atom. The van der Waals surface area contributed by atoms with Gasteiger partial charge in [-0.2, -0.15) is 13.2 Å². The first-order valence-corrected chi connectivity index (χ1v) is 7.10. The zero-order valence-electron chi connectivity index (χ0n) is 13.4. The van der Waals surface area contributed by atoms with Crippen LogP contribution in [0.3, 0.4) is 0 Å². The van der Waals surface area contributed by atoms with Crippen LogP contribution < -0.4 is 15.8 Å². The van der Waals surface area contributed by atoms with Crippen molar-refractivity contribution in [1.82, 2.24) is 15.8 Å². The average molecular weight is 352 g/mol. The zero-order valence-corrected chi connectivity index (χ0v) is 13.4. The molecule has 0 aliphatic rings. The van der Waals surface area contributed by atoms with Crippen LogP contribution in [-0.2, 0) is 6.18 Å². The number of rotatable bonds is 3. The van der Waals surface area contributed by atoms with E-state index in [4.69, 9.17) is 0 Å². The van der Waals surface area contributed by atoms with Gasteiger partial charge in [0.1, 0.15) is 5.69 Å². The van der Waals surface area contributed by atoms with Crippen molar-refractivity contribution in [2.45, 2.75) is 6.18 Å². The summed E-state index contributed by atoms with van der Waals surface area (Å²) in [5, 5.41) is 0. The Morgan fingerprint density at radius 3 is 2.16 bits per heavy atom. The van der Waals surface area contributed by atoms with Crippen LogP contribution in [0.25, 0.3) is 0 Å². The number of nitrogens with one attached hydrogen (secondary N) is 2. The molecule has 1 heterocycles. The minimum absolute atomic E-state index is 0.115. The van der Waals surface area contributed by atoms with Crippen molar-refractivity contribution >= 4 is 17.5 Å². The van der Waals surface area contributed by atoms with E-state index < -0.39 is 23.7 Å². The first-order chi connectivity index (χ1) is 11.7. The van der Waals surface area contributed by atoms with E-state index in [-0.39, 0.29) is 5.56 Å². The van der Waals surface area contributed by atoms with Gasteiger partial charge in [-0.3, -0.25) is 25.4 Å². The molecule has 6 nitrogen and oxygen atoms in total. The largest absolute Gasteiger partial charge is 0.433 e. The molecule has 25 heavy (non-hydrogen) atoms. The summed E-state index contributed by atoms with van der Waals surface area (Å²) in [5.41, 5.74) is 4.23. The maximum Gasteiger partial charge on any atom is 0.433 e. The second kappa shape index (κ2) is 7.20. The summed E-state index contributed by atoms with van der Waals surface area (Å²) in [5.74, 6) is -1.34. The fourth-order valence-corrected chi connectivity index (χ4v) is 1.88. The Bertz CT molecular complexity index is 774. The van der Waals surface area contributed by atoms with Gasteiger partial charge in [0, 0.05) is 31.5 Å². The molecule has 2 rings (SSSR count). The first-order valence-electron chi connectivity index (χ1n) is 7.10.